The van der Waals surface area contributed by atoms with Crippen molar-refractivity contribution in [2.45, 2.75) is 17.9 Å². The molecule has 6 heteroatoms. The van der Waals surface area contributed by atoms with E-state index in [0.717, 1.165) is 21.7 Å². The fraction of sp³-hybridized carbons (Fsp3) is 0.160. The van der Waals surface area contributed by atoms with Gasteiger partial charge < -0.3 is 10.2 Å². The number of carbonyl (C=O) groups is 2. The second-order valence-corrected chi connectivity index (χ2v) is 8.12. The van der Waals surface area contributed by atoms with E-state index in [0.29, 0.717) is 11.4 Å². The summed E-state index contributed by atoms with van der Waals surface area (Å²) in [5.41, 5.74) is 3.93. The normalized spacial score (nSPS) is 15.7. The van der Waals surface area contributed by atoms with E-state index < -0.39 is 6.04 Å². The molecule has 1 heterocycles. The Morgan fingerprint density at radius 1 is 1.03 bits per heavy atom. The van der Waals surface area contributed by atoms with Crippen molar-refractivity contribution in [2.75, 3.05) is 23.0 Å². The lowest BCUT2D eigenvalue weighted by Gasteiger charge is -2.24. The average molecular weight is 430 g/mol. The number of nitrogens with zero attached hydrogens (tertiary/aromatic N) is 2. The van der Waals surface area contributed by atoms with Gasteiger partial charge in [-0.2, -0.15) is 0 Å². The number of carbonyl (C=O) groups excluding carboxylic acids is 2. The predicted molar refractivity (Wildman–Crippen MR) is 127 cm³/mol. The number of aliphatic imine (C=N–C) groups is 1. The molecule has 5 nitrogen and oxygen atoms in total. The Balaban J connectivity index is 1.66. The van der Waals surface area contributed by atoms with E-state index in [4.69, 9.17) is 4.99 Å². The molecule has 0 saturated heterocycles. The van der Waals surface area contributed by atoms with Crippen LogP contribution >= 0.6 is 11.8 Å². The Hall–Kier alpha value is -3.38. The maximum Gasteiger partial charge on any atom is 0.252 e. The summed E-state index contributed by atoms with van der Waals surface area (Å²) in [6.45, 7) is 1.69. The topological polar surface area (TPSA) is 61.8 Å². The number of benzodiazepines with no additional fused rings is 1. The van der Waals surface area contributed by atoms with E-state index in [2.05, 4.69) is 5.32 Å². The lowest BCUT2D eigenvalue weighted by Crippen LogP contribution is -2.42. The van der Waals surface area contributed by atoms with E-state index in [1.54, 1.807) is 18.7 Å². The van der Waals surface area contributed by atoms with Crippen molar-refractivity contribution < 1.29 is 9.59 Å². The first-order valence-corrected chi connectivity index (χ1v) is 11.3. The first-order chi connectivity index (χ1) is 15.1. The molecule has 2 amide bonds. The Morgan fingerprint density at radius 3 is 2.55 bits per heavy atom. The maximum atomic E-state index is 13.2. The van der Waals surface area contributed by atoms with Gasteiger partial charge in [-0.3, -0.25) is 14.6 Å². The molecule has 0 aliphatic carbocycles. The molecule has 1 aliphatic heterocycles. The predicted octanol–water partition coefficient (Wildman–Crippen LogP) is 4.62. The Bertz CT molecular complexity index is 1140. The zero-order valence-corrected chi connectivity index (χ0v) is 18.2. The van der Waals surface area contributed by atoms with E-state index in [9.17, 15) is 9.59 Å². The summed E-state index contributed by atoms with van der Waals surface area (Å²) in [6.07, 6.45) is 1.99. The Kier molecular flexibility index (Phi) is 6.18. The van der Waals surface area contributed by atoms with E-state index in [-0.39, 0.29) is 18.4 Å². The third-order valence-corrected chi connectivity index (χ3v) is 5.82. The molecule has 1 aliphatic rings. The Labute approximate surface area is 186 Å². The molecular weight excluding hydrogens is 406 g/mol. The number of hydrogen-bond donors (Lipinski definition) is 1. The molecule has 4 rings (SSSR count). The number of amides is 2. The highest BCUT2D eigenvalue weighted by atomic mass is 32.2. The third kappa shape index (κ3) is 4.54. The van der Waals surface area contributed by atoms with Crippen LogP contribution in [0.3, 0.4) is 0 Å². The number of anilines is 2. The fourth-order valence-electron chi connectivity index (χ4n) is 3.61. The SMILES string of the molecule is CSc1cccc(NC(=O)CN2C(=O)[C@@H](C)N=C(c3ccccc3)c3ccccc32)c1. The monoisotopic (exact) mass is 429 g/mol. The summed E-state index contributed by atoms with van der Waals surface area (Å²) < 4.78 is 0. The fourth-order valence-corrected chi connectivity index (χ4v) is 4.07. The minimum atomic E-state index is -0.602. The Morgan fingerprint density at radius 2 is 1.77 bits per heavy atom. The highest BCUT2D eigenvalue weighted by Gasteiger charge is 2.30. The highest BCUT2D eigenvalue weighted by molar-refractivity contribution is 7.98. The third-order valence-electron chi connectivity index (χ3n) is 5.10. The molecule has 3 aromatic carbocycles. The zero-order chi connectivity index (χ0) is 21.8. The van der Waals surface area contributed by atoms with Crippen molar-refractivity contribution in [1.82, 2.24) is 0 Å². The molecular formula is C25H23N3O2S. The van der Waals surface area contributed by atoms with Crippen molar-refractivity contribution >= 4 is 40.7 Å². The van der Waals surface area contributed by atoms with Crippen LogP contribution in [0.15, 0.2) is 88.8 Å². The molecule has 0 bridgehead atoms. The van der Waals surface area contributed by atoms with Gasteiger partial charge in [-0.05, 0) is 37.4 Å². The number of para-hydroxylation sites is 1. The summed E-state index contributed by atoms with van der Waals surface area (Å²) >= 11 is 1.61. The van der Waals surface area contributed by atoms with Crippen molar-refractivity contribution in [3.63, 3.8) is 0 Å². The van der Waals surface area contributed by atoms with Crippen LogP contribution in [0.1, 0.15) is 18.1 Å². The van der Waals surface area contributed by atoms with Gasteiger partial charge in [-0.1, -0.05) is 54.6 Å². The van der Waals surface area contributed by atoms with Crippen molar-refractivity contribution in [2.24, 2.45) is 4.99 Å². The van der Waals surface area contributed by atoms with Gasteiger partial charge >= 0.3 is 0 Å². The quantitative estimate of drug-likeness (QED) is 0.602. The van der Waals surface area contributed by atoms with Crippen LogP contribution in [0.4, 0.5) is 11.4 Å². The van der Waals surface area contributed by atoms with Gasteiger partial charge in [0, 0.05) is 21.7 Å². The number of nitrogens with one attached hydrogen (secondary N) is 1. The van der Waals surface area contributed by atoms with Crippen LogP contribution in [0, 0.1) is 0 Å². The second kappa shape index (κ2) is 9.18. The van der Waals surface area contributed by atoms with Gasteiger partial charge in [0.05, 0.1) is 11.4 Å². The first-order valence-electron chi connectivity index (χ1n) is 10.0. The molecule has 1 atom stereocenters. The molecule has 1 N–H and O–H groups in total. The molecule has 0 aromatic heterocycles. The summed E-state index contributed by atoms with van der Waals surface area (Å²) in [5, 5.41) is 2.91. The van der Waals surface area contributed by atoms with E-state index >= 15 is 0 Å². The van der Waals surface area contributed by atoms with E-state index in [1.807, 2.05) is 85.1 Å². The van der Waals surface area contributed by atoms with Gasteiger partial charge in [-0.15, -0.1) is 11.8 Å². The second-order valence-electron chi connectivity index (χ2n) is 7.24. The number of benzene rings is 3. The molecule has 0 radical (unpaired) electrons. The summed E-state index contributed by atoms with van der Waals surface area (Å²) in [5.74, 6) is -0.455. The first kappa shape index (κ1) is 20.9. The molecule has 0 spiro atoms. The number of hydrogen-bond acceptors (Lipinski definition) is 4. The molecule has 3 aromatic rings. The molecule has 156 valence electrons. The van der Waals surface area contributed by atoms with Gasteiger partial charge in [0.25, 0.3) is 5.91 Å². The smallest absolute Gasteiger partial charge is 0.252 e. The lowest BCUT2D eigenvalue weighted by atomic mass is 10.0. The van der Waals surface area contributed by atoms with Crippen LogP contribution in [0.25, 0.3) is 0 Å². The standard InChI is InChI=1S/C25H23N3O2S/c1-17-25(30)28(16-23(29)27-19-11-8-12-20(15-19)31-2)22-14-7-6-13-21(22)24(26-17)18-9-4-3-5-10-18/h3-15,17H,16H2,1-2H3,(H,27,29)/t17-/m1/s1. The highest BCUT2D eigenvalue weighted by Crippen LogP contribution is 2.28. The summed E-state index contributed by atoms with van der Waals surface area (Å²) in [4.78, 5) is 33.4. The number of fused-ring (bicyclic) bond motifs is 1. The number of rotatable bonds is 5. The minimum Gasteiger partial charge on any atom is -0.324 e. The van der Waals surface area contributed by atoms with E-state index in [1.165, 1.54) is 4.90 Å². The average Bonchev–Trinajstić information content (AvgIpc) is 2.90. The zero-order valence-electron chi connectivity index (χ0n) is 17.4. The van der Waals surface area contributed by atoms with Gasteiger partial charge in [0.1, 0.15) is 12.6 Å². The minimum absolute atomic E-state index is 0.0821. The summed E-state index contributed by atoms with van der Waals surface area (Å²) in [6, 6.07) is 24.5. The van der Waals surface area contributed by atoms with Crippen LogP contribution in [-0.2, 0) is 9.59 Å². The lowest BCUT2D eigenvalue weighted by molar-refractivity contribution is -0.122. The van der Waals surface area contributed by atoms with Crippen LogP contribution < -0.4 is 10.2 Å². The maximum absolute atomic E-state index is 13.2. The molecule has 0 fully saturated rings. The number of thioether (sulfide) groups is 1. The van der Waals surface area contributed by atoms with Crippen molar-refractivity contribution in [1.29, 1.82) is 0 Å². The van der Waals surface area contributed by atoms with Crippen LogP contribution in [0.2, 0.25) is 0 Å². The van der Waals surface area contributed by atoms with Gasteiger partial charge in [0.15, 0.2) is 0 Å². The molecule has 31 heavy (non-hydrogen) atoms. The molecule has 0 saturated carbocycles. The van der Waals surface area contributed by atoms with Gasteiger partial charge in [-0.25, -0.2) is 0 Å². The van der Waals surface area contributed by atoms with Crippen LogP contribution in [-0.4, -0.2) is 36.4 Å². The van der Waals surface area contributed by atoms with Crippen molar-refractivity contribution in [3.05, 3.63) is 90.0 Å². The summed E-state index contributed by atoms with van der Waals surface area (Å²) in [7, 11) is 0. The largest absolute Gasteiger partial charge is 0.324 e. The van der Waals surface area contributed by atoms with Crippen molar-refractivity contribution in [3.8, 4) is 0 Å². The van der Waals surface area contributed by atoms with Crippen LogP contribution in [0.5, 0.6) is 0 Å². The van der Waals surface area contributed by atoms with Gasteiger partial charge in [0.2, 0.25) is 5.91 Å². The molecule has 0 unspecified atom stereocenters.